The number of nitro benzene ring substituents is 1. The molecule has 1 heterocycles. The first-order valence-electron chi connectivity index (χ1n) is 6.33. The van der Waals surface area contributed by atoms with Gasteiger partial charge in [-0.15, -0.1) is 0 Å². The van der Waals surface area contributed by atoms with Gasteiger partial charge in [-0.2, -0.15) is 0 Å². The predicted octanol–water partition coefficient (Wildman–Crippen LogP) is 4.90. The summed E-state index contributed by atoms with van der Waals surface area (Å²) in [7, 11) is 0. The highest BCUT2D eigenvalue weighted by molar-refractivity contribution is 6.35. The molecule has 0 bridgehead atoms. The van der Waals surface area contributed by atoms with Crippen LogP contribution < -0.4 is 0 Å². The van der Waals surface area contributed by atoms with Crippen molar-refractivity contribution in [1.29, 1.82) is 0 Å². The van der Waals surface area contributed by atoms with Gasteiger partial charge in [0.05, 0.1) is 15.5 Å². The standard InChI is InChI=1S/C16H11ClN2O2/c17-15-10-14(19(20)21)9-12-8-13(18-16(12)15)7-6-11-4-2-1-3-5-11/h1-10,18H/b7-6+. The smallest absolute Gasteiger partial charge is 0.271 e. The van der Waals surface area contributed by atoms with Crippen molar-refractivity contribution in [3.8, 4) is 0 Å². The molecule has 3 rings (SSSR count). The van der Waals surface area contributed by atoms with Gasteiger partial charge in [0.2, 0.25) is 0 Å². The van der Waals surface area contributed by atoms with E-state index in [0.29, 0.717) is 10.5 Å². The van der Waals surface area contributed by atoms with E-state index in [-0.39, 0.29) is 5.69 Å². The van der Waals surface area contributed by atoms with Crippen molar-refractivity contribution in [3.05, 3.63) is 74.9 Å². The van der Waals surface area contributed by atoms with Crippen molar-refractivity contribution in [2.45, 2.75) is 0 Å². The second kappa shape index (κ2) is 5.42. The number of hydrogen-bond acceptors (Lipinski definition) is 2. The van der Waals surface area contributed by atoms with Crippen LogP contribution in [0.3, 0.4) is 0 Å². The number of nitro groups is 1. The Hall–Kier alpha value is -2.59. The van der Waals surface area contributed by atoms with Crippen LogP contribution in [0.2, 0.25) is 5.02 Å². The number of aromatic amines is 1. The number of H-pyrrole nitrogens is 1. The minimum atomic E-state index is -0.447. The van der Waals surface area contributed by atoms with Crippen LogP contribution in [0.4, 0.5) is 5.69 Å². The van der Waals surface area contributed by atoms with E-state index < -0.39 is 4.92 Å². The molecule has 3 aromatic rings. The van der Waals surface area contributed by atoms with Crippen molar-refractivity contribution in [3.63, 3.8) is 0 Å². The third kappa shape index (κ3) is 2.80. The molecule has 0 amide bonds. The normalized spacial score (nSPS) is 11.3. The predicted molar refractivity (Wildman–Crippen MR) is 85.3 cm³/mol. The number of nitrogens with one attached hydrogen (secondary N) is 1. The number of halogens is 1. The van der Waals surface area contributed by atoms with Crippen LogP contribution in [-0.2, 0) is 0 Å². The van der Waals surface area contributed by atoms with Crippen LogP contribution in [-0.4, -0.2) is 9.91 Å². The lowest BCUT2D eigenvalue weighted by Crippen LogP contribution is -1.87. The second-order valence-corrected chi connectivity index (χ2v) is 5.02. The quantitative estimate of drug-likeness (QED) is 0.552. The molecule has 0 aliphatic heterocycles. The van der Waals surface area contributed by atoms with E-state index in [4.69, 9.17) is 11.6 Å². The van der Waals surface area contributed by atoms with Gasteiger partial charge in [0.1, 0.15) is 0 Å². The van der Waals surface area contributed by atoms with Crippen LogP contribution in [0.5, 0.6) is 0 Å². The fourth-order valence-electron chi connectivity index (χ4n) is 2.15. The number of aromatic nitrogens is 1. The van der Waals surface area contributed by atoms with E-state index in [2.05, 4.69) is 4.98 Å². The van der Waals surface area contributed by atoms with Gasteiger partial charge in [0.15, 0.2) is 0 Å². The summed E-state index contributed by atoms with van der Waals surface area (Å²) in [6, 6.07) is 14.6. The number of rotatable bonds is 3. The number of nitrogens with zero attached hydrogens (tertiary/aromatic N) is 1. The van der Waals surface area contributed by atoms with Gasteiger partial charge in [-0.25, -0.2) is 0 Å². The maximum Gasteiger partial charge on any atom is 0.271 e. The lowest BCUT2D eigenvalue weighted by atomic mass is 10.2. The Labute approximate surface area is 125 Å². The van der Waals surface area contributed by atoms with Crippen molar-refractivity contribution >= 4 is 40.3 Å². The van der Waals surface area contributed by atoms with Crippen LogP contribution in [0.15, 0.2) is 48.5 Å². The van der Waals surface area contributed by atoms with E-state index >= 15 is 0 Å². The molecule has 0 aliphatic carbocycles. The number of hydrogen-bond donors (Lipinski definition) is 1. The van der Waals surface area contributed by atoms with Crippen molar-refractivity contribution in [2.75, 3.05) is 0 Å². The van der Waals surface area contributed by atoms with Crippen molar-refractivity contribution in [2.24, 2.45) is 0 Å². The van der Waals surface area contributed by atoms with Gasteiger partial charge < -0.3 is 4.98 Å². The third-order valence-corrected chi connectivity index (χ3v) is 3.45. The zero-order valence-corrected chi connectivity index (χ0v) is 11.7. The lowest BCUT2D eigenvalue weighted by Gasteiger charge is -1.95. The molecule has 4 nitrogen and oxygen atoms in total. The van der Waals surface area contributed by atoms with E-state index in [1.54, 1.807) is 0 Å². The highest BCUT2D eigenvalue weighted by Crippen LogP contribution is 2.29. The lowest BCUT2D eigenvalue weighted by molar-refractivity contribution is -0.384. The Morgan fingerprint density at radius 1 is 1.10 bits per heavy atom. The molecule has 0 radical (unpaired) electrons. The Bertz CT molecular complexity index is 838. The Balaban J connectivity index is 2.00. The van der Waals surface area contributed by atoms with Crippen LogP contribution >= 0.6 is 11.6 Å². The molecule has 0 fully saturated rings. The SMILES string of the molecule is O=[N+]([O-])c1cc(Cl)c2[nH]c(/C=C/c3ccccc3)cc2c1. The third-order valence-electron chi connectivity index (χ3n) is 3.15. The fourth-order valence-corrected chi connectivity index (χ4v) is 2.42. The summed E-state index contributed by atoms with van der Waals surface area (Å²) in [5.74, 6) is 0. The summed E-state index contributed by atoms with van der Waals surface area (Å²) < 4.78 is 0. The van der Waals surface area contributed by atoms with Gasteiger partial charge in [0.25, 0.3) is 5.69 Å². The highest BCUT2D eigenvalue weighted by Gasteiger charge is 2.12. The molecule has 0 spiro atoms. The molecule has 0 saturated carbocycles. The van der Waals surface area contributed by atoms with Gasteiger partial charge in [0, 0.05) is 23.2 Å². The maximum atomic E-state index is 10.8. The number of fused-ring (bicyclic) bond motifs is 1. The van der Waals surface area contributed by atoms with Crippen molar-refractivity contribution < 1.29 is 4.92 Å². The molecule has 21 heavy (non-hydrogen) atoms. The maximum absolute atomic E-state index is 10.8. The van der Waals surface area contributed by atoms with E-state index in [1.165, 1.54) is 12.1 Å². The average molecular weight is 299 g/mol. The van der Waals surface area contributed by atoms with Gasteiger partial charge in [-0.05, 0) is 17.7 Å². The molecule has 0 atom stereocenters. The zero-order valence-electron chi connectivity index (χ0n) is 10.9. The topological polar surface area (TPSA) is 58.9 Å². The van der Waals surface area contributed by atoms with Crippen LogP contribution in [0, 0.1) is 10.1 Å². The minimum absolute atomic E-state index is 0.00918. The monoisotopic (exact) mass is 298 g/mol. The molecule has 0 saturated heterocycles. The summed E-state index contributed by atoms with van der Waals surface area (Å²) in [5.41, 5.74) is 2.62. The summed E-state index contributed by atoms with van der Waals surface area (Å²) in [4.78, 5) is 13.5. The van der Waals surface area contributed by atoms with Gasteiger partial charge >= 0.3 is 0 Å². The molecular formula is C16H11ClN2O2. The van der Waals surface area contributed by atoms with E-state index in [9.17, 15) is 10.1 Å². The average Bonchev–Trinajstić information content (AvgIpc) is 2.90. The molecule has 1 N–H and O–H groups in total. The van der Waals surface area contributed by atoms with Gasteiger partial charge in [-0.3, -0.25) is 10.1 Å². The molecule has 0 aliphatic rings. The highest BCUT2D eigenvalue weighted by atomic mass is 35.5. The van der Waals surface area contributed by atoms with Gasteiger partial charge in [-0.1, -0.05) is 48.0 Å². The molecule has 2 aromatic carbocycles. The van der Waals surface area contributed by atoms with Crippen LogP contribution in [0.25, 0.3) is 23.1 Å². The first-order valence-corrected chi connectivity index (χ1v) is 6.71. The Morgan fingerprint density at radius 3 is 2.57 bits per heavy atom. The van der Waals surface area contributed by atoms with Crippen molar-refractivity contribution in [1.82, 2.24) is 4.98 Å². The number of non-ortho nitro benzene ring substituents is 1. The Morgan fingerprint density at radius 2 is 1.86 bits per heavy atom. The van der Waals surface area contributed by atoms with E-state index in [0.717, 1.165) is 16.6 Å². The minimum Gasteiger partial charge on any atom is -0.354 e. The van der Waals surface area contributed by atoms with E-state index in [1.807, 2.05) is 48.6 Å². The summed E-state index contributed by atoms with van der Waals surface area (Å²) in [5, 5.41) is 11.9. The summed E-state index contributed by atoms with van der Waals surface area (Å²) >= 11 is 6.08. The zero-order chi connectivity index (χ0) is 14.8. The largest absolute Gasteiger partial charge is 0.354 e. The first kappa shape index (κ1) is 13.4. The Kier molecular flexibility index (Phi) is 3.46. The fraction of sp³-hybridized carbons (Fsp3) is 0. The molecule has 104 valence electrons. The first-order chi connectivity index (χ1) is 10.1. The molecule has 5 heteroatoms. The second-order valence-electron chi connectivity index (χ2n) is 4.62. The molecular weight excluding hydrogens is 288 g/mol. The van der Waals surface area contributed by atoms with Crippen LogP contribution in [0.1, 0.15) is 11.3 Å². The summed E-state index contributed by atoms with van der Waals surface area (Å²) in [6.07, 6.45) is 3.88. The summed E-state index contributed by atoms with van der Waals surface area (Å²) in [6.45, 7) is 0. The molecule has 1 aromatic heterocycles. The number of benzene rings is 2. The molecule has 0 unspecified atom stereocenters.